The van der Waals surface area contributed by atoms with Gasteiger partial charge in [0.15, 0.2) is 0 Å². The quantitative estimate of drug-likeness (QED) is 0.935. The first-order chi connectivity index (χ1) is 9.96. The minimum Gasteiger partial charge on any atom is -0.326 e. The molecule has 1 unspecified atom stereocenters. The number of aromatic nitrogens is 1. The maximum atomic E-state index is 12.6. The van der Waals surface area contributed by atoms with E-state index < -0.39 is 10.0 Å². The molecule has 0 saturated carbocycles. The van der Waals surface area contributed by atoms with E-state index in [1.54, 1.807) is 18.2 Å². The van der Waals surface area contributed by atoms with E-state index in [1.165, 1.54) is 15.6 Å². The van der Waals surface area contributed by atoms with E-state index in [0.717, 1.165) is 16.3 Å². The molecule has 1 aliphatic rings. The molecular formula is C14H17N3O2S2. The van der Waals surface area contributed by atoms with Crippen LogP contribution in [0, 0.1) is 6.92 Å². The summed E-state index contributed by atoms with van der Waals surface area (Å²) >= 11 is 1.52. The fraction of sp³-hybridized carbons (Fsp3) is 0.357. The summed E-state index contributed by atoms with van der Waals surface area (Å²) < 4.78 is 26.7. The molecule has 0 aliphatic carbocycles. The molecule has 2 aromatic rings. The van der Waals surface area contributed by atoms with Gasteiger partial charge in [0.25, 0.3) is 0 Å². The first-order valence-electron chi connectivity index (χ1n) is 6.75. The lowest BCUT2D eigenvalue weighted by Crippen LogP contribution is -2.31. The van der Waals surface area contributed by atoms with E-state index in [9.17, 15) is 8.42 Å². The number of thiazole rings is 1. The van der Waals surface area contributed by atoms with Gasteiger partial charge in [-0.2, -0.15) is 4.31 Å². The molecule has 1 saturated heterocycles. The van der Waals surface area contributed by atoms with Crippen LogP contribution >= 0.6 is 11.3 Å². The first kappa shape index (κ1) is 14.6. The Bertz CT molecular complexity index is 755. The number of aryl methyl sites for hydroxylation is 1. The lowest BCUT2D eigenvalue weighted by atomic mass is 10.2. The molecule has 1 aromatic carbocycles. The number of hydrogen-bond donors (Lipinski definition) is 1. The largest absolute Gasteiger partial charge is 0.326 e. The number of hydrogen-bond acceptors (Lipinski definition) is 5. The fourth-order valence-corrected chi connectivity index (χ4v) is 4.75. The van der Waals surface area contributed by atoms with Crippen molar-refractivity contribution in [2.24, 2.45) is 5.73 Å². The second kappa shape index (κ2) is 5.49. The van der Waals surface area contributed by atoms with Crippen LogP contribution in [0.25, 0.3) is 10.6 Å². The minimum absolute atomic E-state index is 0.0652. The topological polar surface area (TPSA) is 76.3 Å². The Kier molecular flexibility index (Phi) is 3.83. The Labute approximate surface area is 128 Å². The maximum absolute atomic E-state index is 12.6. The molecule has 0 radical (unpaired) electrons. The maximum Gasteiger partial charge on any atom is 0.243 e. The zero-order valence-electron chi connectivity index (χ0n) is 11.7. The summed E-state index contributed by atoms with van der Waals surface area (Å²) in [6, 6.07) is 6.90. The van der Waals surface area contributed by atoms with E-state index in [0.29, 0.717) is 24.4 Å². The van der Waals surface area contributed by atoms with Crippen LogP contribution in [-0.4, -0.2) is 36.8 Å². The first-order valence-corrected chi connectivity index (χ1v) is 9.07. The van der Waals surface area contributed by atoms with E-state index in [-0.39, 0.29) is 6.04 Å². The second-order valence-corrected chi connectivity index (χ2v) is 8.03. The van der Waals surface area contributed by atoms with Crippen molar-refractivity contribution < 1.29 is 8.42 Å². The van der Waals surface area contributed by atoms with Crippen LogP contribution in [-0.2, 0) is 10.0 Å². The lowest BCUT2D eigenvalue weighted by molar-refractivity contribution is 0.472. The van der Waals surface area contributed by atoms with E-state index in [1.807, 2.05) is 18.4 Å². The van der Waals surface area contributed by atoms with Gasteiger partial charge in [-0.3, -0.25) is 0 Å². The number of nitrogens with two attached hydrogens (primary N) is 1. The van der Waals surface area contributed by atoms with Crippen LogP contribution in [0.3, 0.4) is 0 Å². The van der Waals surface area contributed by atoms with Gasteiger partial charge in [-0.05, 0) is 25.5 Å². The molecule has 0 spiro atoms. The van der Waals surface area contributed by atoms with Gasteiger partial charge in [0.1, 0.15) is 5.01 Å². The van der Waals surface area contributed by atoms with Crippen LogP contribution in [0.1, 0.15) is 12.1 Å². The predicted molar refractivity (Wildman–Crippen MR) is 83.6 cm³/mol. The molecule has 21 heavy (non-hydrogen) atoms. The van der Waals surface area contributed by atoms with Crippen LogP contribution in [0.15, 0.2) is 34.5 Å². The summed E-state index contributed by atoms with van der Waals surface area (Å²) in [6.45, 7) is 2.80. The van der Waals surface area contributed by atoms with Gasteiger partial charge in [-0.15, -0.1) is 11.3 Å². The third kappa shape index (κ3) is 2.87. The highest BCUT2D eigenvalue weighted by atomic mass is 32.2. The average Bonchev–Trinajstić information content (AvgIpc) is 3.08. The van der Waals surface area contributed by atoms with Crippen molar-refractivity contribution >= 4 is 21.4 Å². The molecule has 112 valence electrons. The second-order valence-electron chi connectivity index (χ2n) is 5.23. The Morgan fingerprint density at radius 2 is 2.24 bits per heavy atom. The van der Waals surface area contributed by atoms with Crippen LogP contribution in [0.5, 0.6) is 0 Å². The standard InChI is InChI=1S/C14H17N3O2S2/c1-10-9-20-14(16-10)11-3-2-4-13(7-11)21(18,19)17-6-5-12(15)8-17/h2-4,7,9,12H,5-6,8,15H2,1H3. The Balaban J connectivity index is 1.96. The number of sulfonamides is 1. The molecule has 1 aromatic heterocycles. The van der Waals surface area contributed by atoms with E-state index in [4.69, 9.17) is 5.73 Å². The van der Waals surface area contributed by atoms with Gasteiger partial charge in [-0.25, -0.2) is 13.4 Å². The fourth-order valence-electron chi connectivity index (χ4n) is 2.40. The predicted octanol–water partition coefficient (Wildman–Crippen LogP) is 1.84. The number of rotatable bonds is 3. The van der Waals surface area contributed by atoms with Crippen LogP contribution in [0.2, 0.25) is 0 Å². The summed E-state index contributed by atoms with van der Waals surface area (Å²) in [5, 5.41) is 2.79. The third-order valence-corrected chi connectivity index (χ3v) is 6.40. The van der Waals surface area contributed by atoms with E-state index >= 15 is 0 Å². The van der Waals surface area contributed by atoms with Crippen molar-refractivity contribution in [3.63, 3.8) is 0 Å². The van der Waals surface area contributed by atoms with Gasteiger partial charge < -0.3 is 5.73 Å². The minimum atomic E-state index is -3.47. The van der Waals surface area contributed by atoms with Crippen molar-refractivity contribution in [1.29, 1.82) is 0 Å². The molecule has 5 nitrogen and oxygen atoms in total. The normalized spacial score (nSPS) is 20.0. The molecule has 0 bridgehead atoms. The third-order valence-electron chi connectivity index (χ3n) is 3.53. The molecule has 1 atom stereocenters. The molecule has 2 heterocycles. The van der Waals surface area contributed by atoms with E-state index in [2.05, 4.69) is 4.98 Å². The van der Waals surface area contributed by atoms with Crippen molar-refractivity contribution in [2.45, 2.75) is 24.3 Å². The van der Waals surface area contributed by atoms with Gasteiger partial charge in [0.2, 0.25) is 10.0 Å². The van der Waals surface area contributed by atoms with Crippen molar-refractivity contribution in [3.8, 4) is 10.6 Å². The highest BCUT2D eigenvalue weighted by Gasteiger charge is 2.31. The van der Waals surface area contributed by atoms with Crippen molar-refractivity contribution in [3.05, 3.63) is 35.3 Å². The SMILES string of the molecule is Cc1csc(-c2cccc(S(=O)(=O)N3CCC(N)C3)c2)n1. The molecule has 2 N–H and O–H groups in total. The highest BCUT2D eigenvalue weighted by Crippen LogP contribution is 2.27. The van der Waals surface area contributed by atoms with Gasteiger partial charge in [0, 0.05) is 35.8 Å². The number of nitrogens with zero attached hydrogens (tertiary/aromatic N) is 2. The molecule has 1 aliphatic heterocycles. The zero-order valence-corrected chi connectivity index (χ0v) is 13.3. The van der Waals surface area contributed by atoms with Crippen molar-refractivity contribution in [2.75, 3.05) is 13.1 Å². The zero-order chi connectivity index (χ0) is 15.0. The molecule has 0 amide bonds. The Hall–Kier alpha value is -1.28. The van der Waals surface area contributed by atoms with Gasteiger partial charge in [-0.1, -0.05) is 12.1 Å². The Morgan fingerprint density at radius 1 is 1.43 bits per heavy atom. The summed E-state index contributed by atoms with van der Waals surface area (Å²) in [4.78, 5) is 4.71. The summed E-state index contributed by atoms with van der Waals surface area (Å²) in [5.41, 5.74) is 7.58. The lowest BCUT2D eigenvalue weighted by Gasteiger charge is -2.16. The average molecular weight is 323 g/mol. The highest BCUT2D eigenvalue weighted by molar-refractivity contribution is 7.89. The molecule has 3 rings (SSSR count). The Morgan fingerprint density at radius 3 is 2.86 bits per heavy atom. The van der Waals surface area contributed by atoms with Crippen molar-refractivity contribution in [1.82, 2.24) is 9.29 Å². The summed E-state index contributed by atoms with van der Waals surface area (Å²) in [5.74, 6) is 0. The molecular weight excluding hydrogens is 306 g/mol. The van der Waals surface area contributed by atoms with Crippen LogP contribution in [0.4, 0.5) is 0 Å². The van der Waals surface area contributed by atoms with Gasteiger partial charge in [0.05, 0.1) is 4.90 Å². The smallest absolute Gasteiger partial charge is 0.243 e. The molecule has 1 fully saturated rings. The molecule has 7 heteroatoms. The van der Waals surface area contributed by atoms with Crippen LogP contribution < -0.4 is 5.73 Å². The summed E-state index contributed by atoms with van der Waals surface area (Å²) in [6.07, 6.45) is 0.713. The monoisotopic (exact) mass is 323 g/mol. The summed E-state index contributed by atoms with van der Waals surface area (Å²) in [7, 11) is -3.47. The van der Waals surface area contributed by atoms with Gasteiger partial charge >= 0.3 is 0 Å². The number of benzene rings is 1.